The minimum atomic E-state index is -0.902. The number of amides is 1. The summed E-state index contributed by atoms with van der Waals surface area (Å²) in [6.07, 6.45) is 1.65. The van der Waals surface area contributed by atoms with Gasteiger partial charge in [-0.1, -0.05) is 0 Å². The van der Waals surface area contributed by atoms with Gasteiger partial charge in [-0.05, 0) is 0 Å². The molecule has 7 nitrogen and oxygen atoms in total. The fraction of sp³-hybridized carbons (Fsp3) is 0.556. The summed E-state index contributed by atoms with van der Waals surface area (Å²) in [5.74, 6) is -0.0320. The van der Waals surface area contributed by atoms with E-state index in [0.29, 0.717) is 19.6 Å². The van der Waals surface area contributed by atoms with Gasteiger partial charge in [0.25, 0.3) is 0 Å². The molecule has 0 aromatic carbocycles. The topological polar surface area (TPSA) is 88.3 Å². The van der Waals surface area contributed by atoms with Crippen LogP contribution in [0.15, 0.2) is 6.33 Å². The van der Waals surface area contributed by atoms with Crippen LogP contribution in [0.1, 0.15) is 5.82 Å². The number of fused-ring (bicyclic) bond motifs is 1. The predicted molar refractivity (Wildman–Crippen MR) is 60.4 cm³/mol. The fourth-order valence-electron chi connectivity index (χ4n) is 1.60. The van der Waals surface area contributed by atoms with Crippen molar-refractivity contribution in [2.24, 2.45) is 0 Å². The molecule has 2 rings (SSSR count). The molecule has 0 unspecified atom stereocenters. The second-order valence-corrected chi connectivity index (χ2v) is 4.63. The van der Waals surface area contributed by atoms with E-state index in [0.717, 1.165) is 17.6 Å². The lowest BCUT2D eigenvalue weighted by atomic mass is 10.3. The molecule has 1 aromatic heterocycles. The molecule has 1 aliphatic rings. The molecule has 0 radical (unpaired) electrons. The monoisotopic (exact) mass is 256 g/mol. The molecule has 1 aromatic rings. The first kappa shape index (κ1) is 11.9. The van der Waals surface area contributed by atoms with Gasteiger partial charge in [0.05, 0.1) is 18.1 Å². The zero-order chi connectivity index (χ0) is 12.3. The number of aliphatic carboxylic acids is 1. The molecule has 0 aliphatic carbocycles. The van der Waals surface area contributed by atoms with Gasteiger partial charge in [-0.15, -0.1) is 22.0 Å². The highest BCUT2D eigenvalue weighted by Crippen LogP contribution is 2.11. The van der Waals surface area contributed by atoms with E-state index in [1.165, 1.54) is 0 Å². The number of hydrogen-bond acceptors (Lipinski definition) is 5. The van der Waals surface area contributed by atoms with Crippen LogP contribution in [0.5, 0.6) is 0 Å². The molecule has 0 fully saturated rings. The van der Waals surface area contributed by atoms with E-state index in [-0.39, 0.29) is 17.4 Å². The predicted octanol–water partition coefficient (Wildman–Crippen LogP) is -0.562. The minimum Gasteiger partial charge on any atom is -0.481 e. The van der Waals surface area contributed by atoms with Crippen LogP contribution in [0.4, 0.5) is 0 Å². The smallest absolute Gasteiger partial charge is 0.313 e. The van der Waals surface area contributed by atoms with Crippen molar-refractivity contribution in [2.75, 3.05) is 18.1 Å². The average molecular weight is 256 g/mol. The molecule has 2 heterocycles. The summed E-state index contributed by atoms with van der Waals surface area (Å²) in [7, 11) is 0. The Labute approximate surface area is 102 Å². The van der Waals surface area contributed by atoms with Crippen molar-refractivity contribution >= 4 is 23.6 Å². The van der Waals surface area contributed by atoms with Crippen molar-refractivity contribution < 1.29 is 14.7 Å². The average Bonchev–Trinajstić information content (AvgIpc) is 2.75. The van der Waals surface area contributed by atoms with E-state index in [4.69, 9.17) is 5.11 Å². The van der Waals surface area contributed by atoms with E-state index in [9.17, 15) is 9.59 Å². The first-order valence-electron chi connectivity index (χ1n) is 5.11. The van der Waals surface area contributed by atoms with Crippen LogP contribution < -0.4 is 0 Å². The number of carboxylic acids is 1. The zero-order valence-corrected chi connectivity index (χ0v) is 9.89. The Morgan fingerprint density at radius 3 is 3.00 bits per heavy atom. The Kier molecular flexibility index (Phi) is 3.62. The van der Waals surface area contributed by atoms with Crippen LogP contribution in [0.2, 0.25) is 0 Å². The summed E-state index contributed by atoms with van der Waals surface area (Å²) < 4.78 is 1.91. The molecule has 1 amide bonds. The van der Waals surface area contributed by atoms with E-state index in [2.05, 4.69) is 10.2 Å². The third kappa shape index (κ3) is 2.96. The number of carbonyl (C=O) groups excluding carboxylic acids is 1. The van der Waals surface area contributed by atoms with Gasteiger partial charge in [0.1, 0.15) is 6.33 Å². The summed E-state index contributed by atoms with van der Waals surface area (Å²) in [6.45, 7) is 1.77. The van der Waals surface area contributed by atoms with E-state index in [1.807, 2.05) is 4.57 Å². The quantitative estimate of drug-likeness (QED) is 0.776. The molecule has 1 aliphatic heterocycles. The minimum absolute atomic E-state index is 0.0459. The second-order valence-electron chi connectivity index (χ2n) is 3.64. The van der Waals surface area contributed by atoms with Crippen LogP contribution in [-0.2, 0) is 22.7 Å². The SMILES string of the molecule is O=C(O)CSCC(=O)N1CCn2cnnc2C1. The van der Waals surface area contributed by atoms with Crippen molar-refractivity contribution in [3.05, 3.63) is 12.2 Å². The van der Waals surface area contributed by atoms with Gasteiger partial charge in [-0.3, -0.25) is 9.59 Å². The molecule has 8 heteroatoms. The van der Waals surface area contributed by atoms with Gasteiger partial charge in [-0.2, -0.15) is 0 Å². The number of hydrogen-bond donors (Lipinski definition) is 1. The summed E-state index contributed by atoms with van der Waals surface area (Å²) in [5, 5.41) is 16.2. The Hall–Kier alpha value is -1.57. The first-order chi connectivity index (χ1) is 8.16. The van der Waals surface area contributed by atoms with Gasteiger partial charge in [0.2, 0.25) is 5.91 Å². The normalized spacial score (nSPS) is 14.5. The summed E-state index contributed by atoms with van der Waals surface area (Å²) in [6, 6.07) is 0. The lowest BCUT2D eigenvalue weighted by molar-refractivity contribution is -0.133. The maximum atomic E-state index is 11.8. The largest absolute Gasteiger partial charge is 0.481 e. The van der Waals surface area contributed by atoms with Gasteiger partial charge < -0.3 is 14.6 Å². The summed E-state index contributed by atoms with van der Waals surface area (Å²) in [5.41, 5.74) is 0. The molecule has 0 bridgehead atoms. The van der Waals surface area contributed by atoms with Crippen LogP contribution >= 0.6 is 11.8 Å². The zero-order valence-electron chi connectivity index (χ0n) is 9.07. The third-order valence-electron chi connectivity index (χ3n) is 2.44. The highest BCUT2D eigenvalue weighted by Gasteiger charge is 2.21. The Morgan fingerprint density at radius 1 is 1.41 bits per heavy atom. The molecule has 0 saturated carbocycles. The van der Waals surface area contributed by atoms with Crippen molar-refractivity contribution in [2.45, 2.75) is 13.1 Å². The van der Waals surface area contributed by atoms with Crippen molar-refractivity contribution in [1.82, 2.24) is 19.7 Å². The van der Waals surface area contributed by atoms with Crippen LogP contribution in [0.25, 0.3) is 0 Å². The molecule has 0 atom stereocenters. The van der Waals surface area contributed by atoms with Crippen LogP contribution in [0.3, 0.4) is 0 Å². The second kappa shape index (κ2) is 5.17. The highest BCUT2D eigenvalue weighted by molar-refractivity contribution is 8.00. The number of thioether (sulfide) groups is 1. The lowest BCUT2D eigenvalue weighted by Gasteiger charge is -2.26. The highest BCUT2D eigenvalue weighted by atomic mass is 32.2. The standard InChI is InChI=1S/C9H12N4O3S/c14-8(4-17-5-9(15)16)12-1-2-13-6-10-11-7(13)3-12/h6H,1-5H2,(H,15,16). The van der Waals surface area contributed by atoms with Crippen molar-refractivity contribution in [3.63, 3.8) is 0 Å². The van der Waals surface area contributed by atoms with Crippen LogP contribution in [-0.4, -0.2) is 54.7 Å². The van der Waals surface area contributed by atoms with E-state index in [1.54, 1.807) is 11.2 Å². The molecule has 0 spiro atoms. The number of carbonyl (C=O) groups is 2. The summed E-state index contributed by atoms with van der Waals surface area (Å²) in [4.78, 5) is 23.8. The maximum absolute atomic E-state index is 11.8. The van der Waals surface area contributed by atoms with Gasteiger partial charge in [-0.25, -0.2) is 0 Å². The van der Waals surface area contributed by atoms with Gasteiger partial charge in [0.15, 0.2) is 5.82 Å². The Bertz CT molecular complexity index is 434. The van der Waals surface area contributed by atoms with Gasteiger partial charge in [0, 0.05) is 13.1 Å². The Morgan fingerprint density at radius 2 is 2.24 bits per heavy atom. The van der Waals surface area contributed by atoms with E-state index >= 15 is 0 Å². The number of carboxylic acid groups (broad SMARTS) is 1. The molecular formula is C9H12N4O3S. The van der Waals surface area contributed by atoms with Crippen molar-refractivity contribution in [1.29, 1.82) is 0 Å². The number of rotatable bonds is 4. The molecule has 92 valence electrons. The first-order valence-corrected chi connectivity index (χ1v) is 6.26. The molecular weight excluding hydrogens is 244 g/mol. The third-order valence-corrected chi connectivity index (χ3v) is 3.34. The van der Waals surface area contributed by atoms with Crippen LogP contribution in [0, 0.1) is 0 Å². The van der Waals surface area contributed by atoms with Crippen molar-refractivity contribution in [3.8, 4) is 0 Å². The Balaban J connectivity index is 1.84. The molecule has 0 saturated heterocycles. The number of aromatic nitrogens is 3. The summed E-state index contributed by atoms with van der Waals surface area (Å²) >= 11 is 1.11. The molecule has 1 N–H and O–H groups in total. The molecule has 17 heavy (non-hydrogen) atoms. The van der Waals surface area contributed by atoms with Gasteiger partial charge >= 0.3 is 5.97 Å². The fourth-order valence-corrected chi connectivity index (χ4v) is 2.23. The lowest BCUT2D eigenvalue weighted by Crippen LogP contribution is -2.39. The van der Waals surface area contributed by atoms with E-state index < -0.39 is 5.97 Å². The maximum Gasteiger partial charge on any atom is 0.313 e. The number of nitrogens with zero attached hydrogens (tertiary/aromatic N) is 4.